The lowest BCUT2D eigenvalue weighted by Crippen LogP contribution is -2.44. The number of piperazine rings is 1. The van der Waals surface area contributed by atoms with Crippen molar-refractivity contribution in [1.29, 1.82) is 0 Å². The van der Waals surface area contributed by atoms with Crippen LogP contribution in [0.4, 0.5) is 11.5 Å². The number of hydrogen-bond acceptors (Lipinski definition) is 7. The van der Waals surface area contributed by atoms with Gasteiger partial charge in [-0.1, -0.05) is 18.2 Å². The zero-order chi connectivity index (χ0) is 30.9. The molecule has 3 unspecified atom stereocenters. The minimum atomic E-state index is -0.121. The fraction of sp³-hybridized carbons (Fsp3) is 0.472. The topological polar surface area (TPSA) is 90.0 Å². The fourth-order valence-corrected chi connectivity index (χ4v) is 7.67. The molecule has 3 aliphatic heterocycles. The summed E-state index contributed by atoms with van der Waals surface area (Å²) in [5.41, 5.74) is 5.71. The standard InChI is InChI=1S/C36H44N6O3/c1-24-31(11-7-26-13-19-45-34(24)26)36(44)39-29-20-27-4-3-14-42(32(27)21-29)33-12-8-28(23-37-33)35(43)38-22-25-5-9-30(10-6-25)41-17-15-40(2)16-18-41/h5-12,23,27,29,32H,3-4,13-22H2,1-2H3,(H,38,43)(H,39,44). The van der Waals surface area contributed by atoms with Gasteiger partial charge in [0.2, 0.25) is 0 Å². The second-order valence-electron chi connectivity index (χ2n) is 13.2. The Morgan fingerprint density at radius 2 is 1.78 bits per heavy atom. The van der Waals surface area contributed by atoms with Gasteiger partial charge >= 0.3 is 0 Å². The van der Waals surface area contributed by atoms with Crippen molar-refractivity contribution in [2.45, 2.75) is 57.7 Å². The number of carbonyl (C=O) groups excluding carboxylic acids is 2. The first kappa shape index (κ1) is 29.6. The Labute approximate surface area is 265 Å². The molecule has 1 aliphatic carbocycles. The van der Waals surface area contributed by atoms with Crippen LogP contribution in [0.5, 0.6) is 5.75 Å². The van der Waals surface area contributed by atoms with Crippen LogP contribution in [0.2, 0.25) is 0 Å². The SMILES string of the molecule is Cc1c(C(=O)NC2CC3CCCN(c4ccc(C(=O)NCc5ccc(N6CCN(C)CC6)cc5)cn4)C3C2)ccc2c1OCC2. The number of amides is 2. The van der Waals surface area contributed by atoms with E-state index in [-0.39, 0.29) is 17.9 Å². The summed E-state index contributed by atoms with van der Waals surface area (Å²) in [5.74, 6) is 2.16. The molecule has 3 atom stereocenters. The van der Waals surface area contributed by atoms with Crippen LogP contribution in [0.25, 0.3) is 0 Å². The number of pyridine rings is 1. The highest BCUT2D eigenvalue weighted by molar-refractivity contribution is 5.96. The van der Waals surface area contributed by atoms with Gasteiger partial charge in [0.25, 0.3) is 11.8 Å². The van der Waals surface area contributed by atoms with Gasteiger partial charge in [-0.25, -0.2) is 4.98 Å². The number of nitrogens with one attached hydrogen (secondary N) is 2. The van der Waals surface area contributed by atoms with E-state index in [4.69, 9.17) is 9.72 Å². The molecule has 0 spiro atoms. The average molecular weight is 609 g/mol. The fourth-order valence-electron chi connectivity index (χ4n) is 7.67. The number of rotatable bonds is 7. The number of piperidine rings is 1. The van der Waals surface area contributed by atoms with Crippen molar-refractivity contribution in [3.63, 3.8) is 0 Å². The Balaban J connectivity index is 0.933. The van der Waals surface area contributed by atoms with Crippen molar-refractivity contribution in [2.75, 3.05) is 56.2 Å². The lowest BCUT2D eigenvalue weighted by Gasteiger charge is -2.38. The third-order valence-corrected chi connectivity index (χ3v) is 10.3. The van der Waals surface area contributed by atoms with Crippen LogP contribution in [0, 0.1) is 12.8 Å². The van der Waals surface area contributed by atoms with Gasteiger partial charge < -0.3 is 30.1 Å². The van der Waals surface area contributed by atoms with E-state index < -0.39 is 0 Å². The summed E-state index contributed by atoms with van der Waals surface area (Å²) in [6.45, 7) is 8.32. The number of ether oxygens (including phenoxy) is 1. The molecule has 0 bridgehead atoms. The predicted octanol–water partition coefficient (Wildman–Crippen LogP) is 4.18. The summed E-state index contributed by atoms with van der Waals surface area (Å²) < 4.78 is 5.79. The van der Waals surface area contributed by atoms with E-state index in [1.807, 2.05) is 31.2 Å². The average Bonchev–Trinajstić information content (AvgIpc) is 3.72. The van der Waals surface area contributed by atoms with Crippen LogP contribution in [0.15, 0.2) is 54.7 Å². The Morgan fingerprint density at radius 3 is 2.56 bits per heavy atom. The molecule has 1 saturated carbocycles. The summed E-state index contributed by atoms with van der Waals surface area (Å²) >= 11 is 0. The molecule has 0 radical (unpaired) electrons. The zero-order valence-corrected chi connectivity index (χ0v) is 26.4. The number of nitrogens with zero attached hydrogens (tertiary/aromatic N) is 4. The number of hydrogen-bond donors (Lipinski definition) is 2. The largest absolute Gasteiger partial charge is 0.493 e. The van der Waals surface area contributed by atoms with Crippen LogP contribution in [-0.2, 0) is 13.0 Å². The molecule has 2 aromatic carbocycles. The molecule has 3 fully saturated rings. The van der Waals surface area contributed by atoms with E-state index >= 15 is 0 Å². The van der Waals surface area contributed by atoms with Gasteiger partial charge in [-0.05, 0) is 87.0 Å². The molecule has 2 saturated heterocycles. The molecule has 2 amide bonds. The van der Waals surface area contributed by atoms with Gasteiger partial charge in [0, 0.05) is 80.8 Å². The van der Waals surface area contributed by atoms with Crippen molar-refractivity contribution < 1.29 is 14.3 Å². The Kier molecular flexibility index (Phi) is 8.36. The molecule has 45 heavy (non-hydrogen) atoms. The van der Waals surface area contributed by atoms with E-state index in [0.717, 1.165) is 87.5 Å². The Bertz CT molecular complexity index is 1530. The predicted molar refractivity (Wildman–Crippen MR) is 176 cm³/mol. The molecular formula is C36H44N6O3. The number of likely N-dealkylation sites (N-methyl/N-ethyl adjacent to an activating group) is 1. The van der Waals surface area contributed by atoms with E-state index in [2.05, 4.69) is 56.6 Å². The molecule has 9 heteroatoms. The van der Waals surface area contributed by atoms with Crippen LogP contribution in [-0.4, -0.2) is 80.2 Å². The highest BCUT2D eigenvalue weighted by Crippen LogP contribution is 2.39. The number of anilines is 2. The highest BCUT2D eigenvalue weighted by atomic mass is 16.5. The molecule has 4 heterocycles. The first-order valence-corrected chi connectivity index (χ1v) is 16.5. The molecule has 3 aromatic rings. The van der Waals surface area contributed by atoms with Crippen molar-refractivity contribution in [1.82, 2.24) is 20.5 Å². The van der Waals surface area contributed by atoms with E-state index in [9.17, 15) is 9.59 Å². The van der Waals surface area contributed by atoms with Gasteiger partial charge in [0.05, 0.1) is 12.2 Å². The minimum Gasteiger partial charge on any atom is -0.493 e. The maximum atomic E-state index is 13.3. The molecule has 1 aromatic heterocycles. The van der Waals surface area contributed by atoms with Gasteiger partial charge in [0.15, 0.2) is 0 Å². The van der Waals surface area contributed by atoms with Crippen molar-refractivity contribution >= 4 is 23.3 Å². The molecule has 4 aliphatic rings. The molecular weight excluding hydrogens is 564 g/mol. The number of benzene rings is 2. The Morgan fingerprint density at radius 1 is 0.956 bits per heavy atom. The summed E-state index contributed by atoms with van der Waals surface area (Å²) in [4.78, 5) is 38.1. The number of aromatic nitrogens is 1. The van der Waals surface area contributed by atoms with Gasteiger partial charge in [-0.2, -0.15) is 0 Å². The highest BCUT2D eigenvalue weighted by Gasteiger charge is 2.41. The second kappa shape index (κ2) is 12.7. The molecule has 236 valence electrons. The minimum absolute atomic E-state index is 0.0135. The Hall–Kier alpha value is -4.11. The normalized spacial score (nSPS) is 22.8. The summed E-state index contributed by atoms with van der Waals surface area (Å²) in [6.07, 6.45) is 6.73. The summed E-state index contributed by atoms with van der Waals surface area (Å²) in [5, 5.41) is 6.38. The molecule has 2 N–H and O–H groups in total. The van der Waals surface area contributed by atoms with Crippen LogP contribution >= 0.6 is 0 Å². The smallest absolute Gasteiger partial charge is 0.253 e. The van der Waals surface area contributed by atoms with E-state index in [1.165, 1.54) is 11.3 Å². The maximum absolute atomic E-state index is 13.3. The first-order chi connectivity index (χ1) is 21.9. The maximum Gasteiger partial charge on any atom is 0.253 e. The third kappa shape index (κ3) is 6.23. The monoisotopic (exact) mass is 608 g/mol. The van der Waals surface area contributed by atoms with Crippen molar-refractivity contribution in [3.8, 4) is 5.75 Å². The van der Waals surface area contributed by atoms with Crippen LogP contribution < -0.4 is 25.2 Å². The van der Waals surface area contributed by atoms with Gasteiger partial charge in [-0.15, -0.1) is 0 Å². The van der Waals surface area contributed by atoms with E-state index in [0.29, 0.717) is 36.2 Å². The van der Waals surface area contributed by atoms with Crippen LogP contribution in [0.1, 0.15) is 63.1 Å². The van der Waals surface area contributed by atoms with Crippen molar-refractivity contribution in [2.24, 2.45) is 5.92 Å². The first-order valence-electron chi connectivity index (χ1n) is 16.5. The quantitative estimate of drug-likeness (QED) is 0.416. The number of fused-ring (bicyclic) bond motifs is 2. The number of carbonyl (C=O) groups is 2. The van der Waals surface area contributed by atoms with Crippen molar-refractivity contribution in [3.05, 3.63) is 82.5 Å². The molecule has 7 rings (SSSR count). The third-order valence-electron chi connectivity index (χ3n) is 10.3. The van der Waals surface area contributed by atoms with Gasteiger partial charge in [-0.3, -0.25) is 9.59 Å². The van der Waals surface area contributed by atoms with E-state index in [1.54, 1.807) is 6.20 Å². The lowest BCUT2D eigenvalue weighted by atomic mass is 9.92. The summed E-state index contributed by atoms with van der Waals surface area (Å²) in [7, 11) is 2.16. The zero-order valence-electron chi connectivity index (χ0n) is 26.4. The summed E-state index contributed by atoms with van der Waals surface area (Å²) in [6, 6.07) is 16.8. The second-order valence-corrected chi connectivity index (χ2v) is 13.2. The van der Waals surface area contributed by atoms with Crippen LogP contribution in [0.3, 0.4) is 0 Å². The molecule has 9 nitrogen and oxygen atoms in total. The lowest BCUT2D eigenvalue weighted by molar-refractivity contribution is 0.0932. The van der Waals surface area contributed by atoms with Gasteiger partial charge in [0.1, 0.15) is 11.6 Å².